The van der Waals surface area contributed by atoms with Gasteiger partial charge in [-0.05, 0) is 18.2 Å². The van der Waals surface area contributed by atoms with Crippen molar-refractivity contribution in [2.45, 2.75) is 6.10 Å². The lowest BCUT2D eigenvalue weighted by molar-refractivity contribution is 0.0695. The van der Waals surface area contributed by atoms with Crippen LogP contribution in [-0.4, -0.2) is 44.8 Å². The first-order valence-electron chi connectivity index (χ1n) is 5.21. The lowest BCUT2D eigenvalue weighted by Gasteiger charge is -2.22. The largest absolute Gasteiger partial charge is 0.389 e. The van der Waals surface area contributed by atoms with E-state index in [1.54, 1.807) is 25.3 Å². The van der Waals surface area contributed by atoms with Crippen LogP contribution in [0.3, 0.4) is 0 Å². The molecular formula is C12H16ClNO3. The number of carbonyl (C=O) groups is 1. The first-order chi connectivity index (χ1) is 8.08. The predicted octanol–water partition coefficient (Wildman–Crippen LogP) is 1.60. The van der Waals surface area contributed by atoms with Gasteiger partial charge in [-0.1, -0.05) is 11.6 Å². The molecule has 0 saturated heterocycles. The number of halogens is 1. The van der Waals surface area contributed by atoms with E-state index < -0.39 is 6.10 Å². The molecule has 0 bridgehead atoms. The first kappa shape index (κ1) is 14.0. The van der Waals surface area contributed by atoms with Crippen LogP contribution in [0, 0.1) is 0 Å². The number of anilines is 1. The minimum absolute atomic E-state index is 0.282. The summed E-state index contributed by atoms with van der Waals surface area (Å²) in [6.45, 7) is 0.717. The third-order valence-corrected chi connectivity index (χ3v) is 2.72. The number of ether oxygens (including phenoxy) is 1. The van der Waals surface area contributed by atoms with Gasteiger partial charge in [0, 0.05) is 32.0 Å². The Morgan fingerprint density at radius 1 is 1.59 bits per heavy atom. The molecule has 5 heteroatoms. The lowest BCUT2D eigenvalue weighted by atomic mass is 10.2. The standard InChI is InChI=1S/C12H16ClNO3/c1-14(6-11(16)8-17-2)10-4-3-9(7-15)12(13)5-10/h3-5,7,11,16H,6,8H2,1-2H3. The summed E-state index contributed by atoms with van der Waals surface area (Å²) in [4.78, 5) is 12.5. The fourth-order valence-corrected chi connectivity index (χ4v) is 1.74. The fraction of sp³-hybridized carbons (Fsp3) is 0.417. The maximum absolute atomic E-state index is 10.6. The van der Waals surface area contributed by atoms with Crippen LogP contribution >= 0.6 is 11.6 Å². The van der Waals surface area contributed by atoms with Gasteiger partial charge in [-0.2, -0.15) is 0 Å². The second-order valence-corrected chi connectivity index (χ2v) is 4.22. The van der Waals surface area contributed by atoms with Gasteiger partial charge in [-0.3, -0.25) is 4.79 Å². The third kappa shape index (κ3) is 4.00. The number of benzene rings is 1. The highest BCUT2D eigenvalue weighted by Gasteiger charge is 2.10. The molecule has 17 heavy (non-hydrogen) atoms. The second-order valence-electron chi connectivity index (χ2n) is 3.81. The van der Waals surface area contributed by atoms with Gasteiger partial charge >= 0.3 is 0 Å². The van der Waals surface area contributed by atoms with Crippen molar-refractivity contribution in [3.05, 3.63) is 28.8 Å². The number of hydrogen-bond acceptors (Lipinski definition) is 4. The van der Waals surface area contributed by atoms with E-state index in [1.807, 2.05) is 11.9 Å². The van der Waals surface area contributed by atoms with Crippen LogP contribution in [0.2, 0.25) is 5.02 Å². The summed E-state index contributed by atoms with van der Waals surface area (Å²) in [6.07, 6.45) is 0.154. The summed E-state index contributed by atoms with van der Waals surface area (Å²) in [7, 11) is 3.38. The van der Waals surface area contributed by atoms with Crippen molar-refractivity contribution in [3.8, 4) is 0 Å². The molecule has 1 aromatic carbocycles. The fourth-order valence-electron chi connectivity index (χ4n) is 1.52. The Balaban J connectivity index is 2.72. The molecule has 0 fully saturated rings. The van der Waals surface area contributed by atoms with Crippen molar-refractivity contribution < 1.29 is 14.6 Å². The van der Waals surface area contributed by atoms with Crippen molar-refractivity contribution in [1.29, 1.82) is 0 Å². The van der Waals surface area contributed by atoms with Gasteiger partial charge in [0.05, 0.1) is 17.7 Å². The van der Waals surface area contributed by atoms with E-state index in [-0.39, 0.29) is 6.61 Å². The maximum Gasteiger partial charge on any atom is 0.151 e. The Hall–Kier alpha value is -1.10. The highest BCUT2D eigenvalue weighted by molar-refractivity contribution is 6.33. The average Bonchev–Trinajstić information content (AvgIpc) is 2.29. The average molecular weight is 258 g/mol. The molecule has 1 aromatic rings. The topological polar surface area (TPSA) is 49.8 Å². The van der Waals surface area contributed by atoms with Gasteiger partial charge in [0.25, 0.3) is 0 Å². The molecule has 0 aromatic heterocycles. The van der Waals surface area contributed by atoms with Crippen molar-refractivity contribution in [3.63, 3.8) is 0 Å². The molecule has 1 rings (SSSR count). The van der Waals surface area contributed by atoms with Crippen LogP contribution in [-0.2, 0) is 4.74 Å². The highest BCUT2D eigenvalue weighted by atomic mass is 35.5. The number of aliphatic hydroxyl groups excluding tert-OH is 1. The van der Waals surface area contributed by atoms with Gasteiger partial charge in [0.1, 0.15) is 0 Å². The van der Waals surface area contributed by atoms with E-state index in [4.69, 9.17) is 16.3 Å². The summed E-state index contributed by atoms with van der Waals surface area (Å²) in [5.41, 5.74) is 1.30. The zero-order valence-electron chi connectivity index (χ0n) is 9.89. The van der Waals surface area contributed by atoms with E-state index >= 15 is 0 Å². The van der Waals surface area contributed by atoms with Gasteiger partial charge in [0.2, 0.25) is 0 Å². The molecule has 0 aliphatic rings. The van der Waals surface area contributed by atoms with Crippen LogP contribution in [0.1, 0.15) is 10.4 Å². The maximum atomic E-state index is 10.6. The SMILES string of the molecule is COCC(O)CN(C)c1ccc(C=O)c(Cl)c1. The number of aldehydes is 1. The predicted molar refractivity (Wildman–Crippen MR) is 68.0 cm³/mol. The van der Waals surface area contributed by atoms with E-state index in [2.05, 4.69) is 0 Å². The monoisotopic (exact) mass is 257 g/mol. The Morgan fingerprint density at radius 2 is 2.29 bits per heavy atom. The molecular weight excluding hydrogens is 242 g/mol. The number of hydrogen-bond donors (Lipinski definition) is 1. The smallest absolute Gasteiger partial charge is 0.151 e. The molecule has 4 nitrogen and oxygen atoms in total. The molecule has 0 amide bonds. The molecule has 0 aliphatic carbocycles. The number of methoxy groups -OCH3 is 1. The molecule has 0 saturated carbocycles. The number of carbonyl (C=O) groups excluding carboxylic acids is 1. The van der Waals surface area contributed by atoms with Gasteiger partial charge in [-0.25, -0.2) is 0 Å². The number of likely N-dealkylation sites (N-methyl/N-ethyl adjacent to an activating group) is 1. The minimum Gasteiger partial charge on any atom is -0.389 e. The summed E-state index contributed by atoms with van der Waals surface area (Å²) < 4.78 is 4.85. The first-order valence-corrected chi connectivity index (χ1v) is 5.59. The normalized spacial score (nSPS) is 12.2. The van der Waals surface area contributed by atoms with E-state index in [9.17, 15) is 9.90 Å². The van der Waals surface area contributed by atoms with Gasteiger partial charge < -0.3 is 14.7 Å². The Labute approximate surface area is 106 Å². The Kier molecular flexibility index (Phi) is 5.41. The molecule has 1 atom stereocenters. The summed E-state index contributed by atoms with van der Waals surface area (Å²) >= 11 is 5.93. The zero-order valence-corrected chi connectivity index (χ0v) is 10.6. The van der Waals surface area contributed by atoms with Crippen LogP contribution in [0.15, 0.2) is 18.2 Å². The molecule has 1 N–H and O–H groups in total. The van der Waals surface area contributed by atoms with Crippen LogP contribution < -0.4 is 4.90 Å². The van der Waals surface area contributed by atoms with Crippen molar-refractivity contribution in [2.24, 2.45) is 0 Å². The van der Waals surface area contributed by atoms with Crippen LogP contribution in [0.5, 0.6) is 0 Å². The number of nitrogens with zero attached hydrogens (tertiary/aromatic N) is 1. The second kappa shape index (κ2) is 6.59. The Morgan fingerprint density at radius 3 is 2.82 bits per heavy atom. The zero-order chi connectivity index (χ0) is 12.8. The lowest BCUT2D eigenvalue weighted by Crippen LogP contribution is -2.31. The van der Waals surface area contributed by atoms with Crippen LogP contribution in [0.25, 0.3) is 0 Å². The molecule has 0 heterocycles. The van der Waals surface area contributed by atoms with E-state index in [1.165, 1.54) is 0 Å². The molecule has 0 spiro atoms. The third-order valence-electron chi connectivity index (χ3n) is 2.40. The van der Waals surface area contributed by atoms with Gasteiger partial charge in [-0.15, -0.1) is 0 Å². The molecule has 0 radical (unpaired) electrons. The van der Waals surface area contributed by atoms with E-state index in [0.29, 0.717) is 23.4 Å². The van der Waals surface area contributed by atoms with Crippen LogP contribution in [0.4, 0.5) is 5.69 Å². The molecule has 0 aliphatic heterocycles. The summed E-state index contributed by atoms with van der Waals surface area (Å²) in [5, 5.41) is 10.0. The van der Waals surface area contributed by atoms with E-state index in [0.717, 1.165) is 5.69 Å². The minimum atomic E-state index is -0.561. The van der Waals surface area contributed by atoms with Gasteiger partial charge in [0.15, 0.2) is 6.29 Å². The highest BCUT2D eigenvalue weighted by Crippen LogP contribution is 2.22. The van der Waals surface area contributed by atoms with Crippen molar-refractivity contribution in [2.75, 3.05) is 32.2 Å². The molecule has 94 valence electrons. The summed E-state index contributed by atoms with van der Waals surface area (Å²) in [5.74, 6) is 0. The number of aliphatic hydroxyl groups is 1. The quantitative estimate of drug-likeness (QED) is 0.787. The number of rotatable bonds is 6. The van der Waals surface area contributed by atoms with Crippen molar-refractivity contribution >= 4 is 23.6 Å². The van der Waals surface area contributed by atoms with Crippen molar-refractivity contribution in [1.82, 2.24) is 0 Å². The molecule has 1 unspecified atom stereocenters. The Bertz CT molecular complexity index is 384. The summed E-state index contributed by atoms with van der Waals surface area (Å²) in [6, 6.07) is 5.14.